The molecule has 0 amide bonds. The lowest BCUT2D eigenvalue weighted by molar-refractivity contribution is 0.323. The van der Waals surface area contributed by atoms with Gasteiger partial charge in [-0.3, -0.25) is 0 Å². The van der Waals surface area contributed by atoms with Gasteiger partial charge in [0.2, 0.25) is 10.0 Å². The molecule has 34 heavy (non-hydrogen) atoms. The predicted octanol–water partition coefficient (Wildman–Crippen LogP) is 3.31. The summed E-state index contributed by atoms with van der Waals surface area (Å²) in [6, 6.07) is 12.5. The molecule has 1 saturated heterocycles. The van der Waals surface area contributed by atoms with Gasteiger partial charge in [-0.25, -0.2) is 18.5 Å². The summed E-state index contributed by atoms with van der Waals surface area (Å²) in [5, 5.41) is 17.4. The maximum absolute atomic E-state index is 13.0. The van der Waals surface area contributed by atoms with E-state index in [9.17, 15) is 8.42 Å². The van der Waals surface area contributed by atoms with Crippen LogP contribution in [0.2, 0.25) is 0 Å². The van der Waals surface area contributed by atoms with Gasteiger partial charge in [-0.2, -0.15) is 5.11 Å². The van der Waals surface area contributed by atoms with Crippen LogP contribution in [0.5, 0.6) is 0 Å². The highest BCUT2D eigenvalue weighted by molar-refractivity contribution is 7.89. The van der Waals surface area contributed by atoms with Crippen molar-refractivity contribution in [3.8, 4) is 11.1 Å². The second-order valence-electron chi connectivity index (χ2n) is 9.68. The molecule has 1 unspecified atom stereocenters. The molecule has 0 aromatic heterocycles. The van der Waals surface area contributed by atoms with Gasteiger partial charge in [0.05, 0.1) is 4.90 Å². The minimum absolute atomic E-state index is 0.128. The van der Waals surface area contributed by atoms with Crippen molar-refractivity contribution in [1.82, 2.24) is 5.32 Å². The van der Waals surface area contributed by atoms with Crippen molar-refractivity contribution in [1.29, 1.82) is 0 Å². The van der Waals surface area contributed by atoms with Crippen LogP contribution in [0.15, 0.2) is 56.5 Å². The first kappa shape index (κ1) is 23.3. The molecule has 180 valence electrons. The number of rotatable bonds is 6. The van der Waals surface area contributed by atoms with Crippen LogP contribution >= 0.6 is 0 Å². The van der Waals surface area contributed by atoms with E-state index in [2.05, 4.69) is 32.7 Å². The van der Waals surface area contributed by atoms with Crippen molar-refractivity contribution < 1.29 is 8.42 Å². The Bertz CT molecular complexity index is 1210. The second-order valence-corrected chi connectivity index (χ2v) is 11.2. The number of hydrogen-bond donors (Lipinski definition) is 3. The van der Waals surface area contributed by atoms with Crippen LogP contribution < -0.4 is 16.2 Å². The van der Waals surface area contributed by atoms with Gasteiger partial charge in [-0.05, 0) is 79.2 Å². The number of nitrogens with zero attached hydrogens (tertiary/aromatic N) is 3. The zero-order valence-electron chi connectivity index (χ0n) is 19.3. The first-order valence-corrected chi connectivity index (χ1v) is 13.6. The number of nitrogens with one attached hydrogen (secondary N) is 1. The molecule has 2 aromatic carbocycles. The summed E-state index contributed by atoms with van der Waals surface area (Å²) in [7, 11) is -4.03. The minimum Gasteiger partial charge on any atom is -0.328 e. The Kier molecular flexibility index (Phi) is 6.61. The average molecular weight is 481 g/mol. The maximum atomic E-state index is 13.0. The van der Waals surface area contributed by atoms with E-state index in [1.54, 1.807) is 0 Å². The molecule has 0 spiro atoms. The molecule has 0 radical (unpaired) electrons. The van der Waals surface area contributed by atoms with E-state index >= 15 is 0 Å². The van der Waals surface area contributed by atoms with Crippen molar-refractivity contribution in [3.63, 3.8) is 0 Å². The van der Waals surface area contributed by atoms with Crippen molar-refractivity contribution in [2.24, 2.45) is 32.0 Å². The quantitative estimate of drug-likeness (QED) is 0.584. The van der Waals surface area contributed by atoms with Crippen LogP contribution in [0.25, 0.3) is 11.1 Å². The third-order valence-corrected chi connectivity index (χ3v) is 8.39. The summed E-state index contributed by atoms with van der Waals surface area (Å²) >= 11 is 0. The molecule has 2 heterocycles. The topological polar surface area (TPSA) is 135 Å². The summed E-state index contributed by atoms with van der Waals surface area (Å²) < 4.78 is 25.9. The maximum Gasteiger partial charge on any atom is 0.239 e. The van der Waals surface area contributed by atoms with E-state index in [4.69, 9.17) is 10.9 Å². The second kappa shape index (κ2) is 9.65. The predicted molar refractivity (Wildman–Crippen MR) is 133 cm³/mol. The van der Waals surface area contributed by atoms with Crippen molar-refractivity contribution in [3.05, 3.63) is 53.1 Å². The van der Waals surface area contributed by atoms with E-state index < -0.39 is 10.0 Å². The monoisotopic (exact) mass is 480 g/mol. The van der Waals surface area contributed by atoms with E-state index in [-0.39, 0.29) is 17.6 Å². The summed E-state index contributed by atoms with van der Waals surface area (Å²) in [6.07, 6.45) is 5.66. The van der Waals surface area contributed by atoms with Gasteiger partial charge in [0.25, 0.3) is 0 Å². The summed E-state index contributed by atoms with van der Waals surface area (Å²) in [6.45, 7) is 2.21. The first-order chi connectivity index (χ1) is 16.4. The molecule has 9 heteroatoms. The van der Waals surface area contributed by atoms with Gasteiger partial charge in [0, 0.05) is 18.2 Å². The number of benzene rings is 2. The third-order valence-electron chi connectivity index (χ3n) is 7.35. The van der Waals surface area contributed by atoms with Crippen LogP contribution in [-0.2, 0) is 16.4 Å². The van der Waals surface area contributed by atoms with Crippen molar-refractivity contribution in [2.45, 2.75) is 55.4 Å². The van der Waals surface area contributed by atoms with Gasteiger partial charge in [0.1, 0.15) is 0 Å². The standard InChI is InChI=1S/C25H32N6O2S/c26-21-8-1-16(2-9-21)13-19-7-10-22(18-5-3-17(4-6-18)20-11-12-28-14-20)23(24(19)34(27,32)33)25-29-15-30-31-25/h3-7,10,16,20-21,28H,1-2,8-9,11-15,26H2,(H2,27,32,33). The van der Waals surface area contributed by atoms with Gasteiger partial charge < -0.3 is 11.1 Å². The highest BCUT2D eigenvalue weighted by Crippen LogP contribution is 2.36. The molecular weight excluding hydrogens is 448 g/mol. The van der Waals surface area contributed by atoms with E-state index in [0.717, 1.165) is 61.9 Å². The molecule has 5 N–H and O–H groups in total. The summed E-state index contributed by atoms with van der Waals surface area (Å²) in [5.41, 5.74) is 10.2. The third kappa shape index (κ3) is 4.84. The van der Waals surface area contributed by atoms with Crippen LogP contribution in [0.3, 0.4) is 0 Å². The molecule has 3 aliphatic rings. The van der Waals surface area contributed by atoms with Crippen LogP contribution in [0.4, 0.5) is 0 Å². The van der Waals surface area contributed by atoms with Gasteiger partial charge in [0.15, 0.2) is 12.5 Å². The molecule has 2 aliphatic heterocycles. The molecule has 5 rings (SSSR count). The smallest absolute Gasteiger partial charge is 0.239 e. The zero-order chi connectivity index (χ0) is 23.7. The number of nitrogens with two attached hydrogens (primary N) is 2. The summed E-state index contributed by atoms with van der Waals surface area (Å²) in [5.74, 6) is 1.22. The highest BCUT2D eigenvalue weighted by atomic mass is 32.2. The number of hydrogen-bond acceptors (Lipinski definition) is 7. The SMILES string of the molecule is NC1CCC(Cc2ccc(-c3ccc(C4CCNC4)cc3)c(C3=NCN=N3)c2S(N)(=O)=O)CC1. The van der Waals surface area contributed by atoms with Crippen LogP contribution in [-0.4, -0.2) is 40.1 Å². The molecule has 1 saturated carbocycles. The highest BCUT2D eigenvalue weighted by Gasteiger charge is 2.29. The molecule has 1 aliphatic carbocycles. The Morgan fingerprint density at radius 2 is 1.76 bits per heavy atom. The fourth-order valence-electron chi connectivity index (χ4n) is 5.51. The Labute approximate surface area is 201 Å². The molecular formula is C25H32N6O2S. The Morgan fingerprint density at radius 1 is 1.00 bits per heavy atom. The van der Waals surface area contributed by atoms with Gasteiger partial charge >= 0.3 is 0 Å². The summed E-state index contributed by atoms with van der Waals surface area (Å²) in [4.78, 5) is 4.51. The number of aliphatic imine (C=N–C) groups is 1. The van der Waals surface area contributed by atoms with Gasteiger partial charge in [-0.15, -0.1) is 5.11 Å². The largest absolute Gasteiger partial charge is 0.328 e. The van der Waals surface area contributed by atoms with Crippen molar-refractivity contribution in [2.75, 3.05) is 19.8 Å². The van der Waals surface area contributed by atoms with E-state index in [1.807, 2.05) is 24.3 Å². The Morgan fingerprint density at radius 3 is 2.38 bits per heavy atom. The normalized spacial score (nSPS) is 25.0. The molecule has 1 atom stereocenters. The van der Waals surface area contributed by atoms with Gasteiger partial charge in [-0.1, -0.05) is 36.4 Å². The Balaban J connectivity index is 1.59. The fourth-order valence-corrected chi connectivity index (χ4v) is 6.51. The molecule has 2 fully saturated rings. The first-order valence-electron chi connectivity index (χ1n) is 12.1. The van der Waals surface area contributed by atoms with E-state index in [1.165, 1.54) is 5.56 Å². The van der Waals surface area contributed by atoms with Crippen LogP contribution in [0, 0.1) is 5.92 Å². The molecule has 8 nitrogen and oxygen atoms in total. The number of primary sulfonamides is 1. The fraction of sp³-hybridized carbons (Fsp3) is 0.480. The lowest BCUT2D eigenvalue weighted by Gasteiger charge is -2.27. The van der Waals surface area contributed by atoms with E-state index in [0.29, 0.717) is 29.7 Å². The number of azo groups is 1. The Hall–Kier alpha value is -2.46. The average Bonchev–Trinajstić information content (AvgIpc) is 3.54. The number of sulfonamides is 1. The van der Waals surface area contributed by atoms with Crippen molar-refractivity contribution >= 4 is 15.9 Å². The number of amidine groups is 1. The lowest BCUT2D eigenvalue weighted by atomic mass is 9.82. The van der Waals surface area contributed by atoms with Crippen LogP contribution in [0.1, 0.15) is 54.7 Å². The lowest BCUT2D eigenvalue weighted by Crippen LogP contribution is -2.28. The molecule has 2 aromatic rings. The molecule has 0 bridgehead atoms. The minimum atomic E-state index is -4.03. The zero-order valence-corrected chi connectivity index (χ0v) is 20.1.